The van der Waals surface area contributed by atoms with Crippen molar-refractivity contribution < 1.29 is 29.3 Å². The van der Waals surface area contributed by atoms with Crippen LogP contribution in [0.25, 0.3) is 0 Å². The minimum absolute atomic E-state index is 0.126. The quantitative estimate of drug-likeness (QED) is 0.151. The Bertz CT molecular complexity index is 1010. The van der Waals surface area contributed by atoms with Crippen LogP contribution in [0.5, 0.6) is 0 Å². The average Bonchev–Trinajstić information content (AvgIpc) is 2.97. The Morgan fingerprint density at radius 1 is 0.900 bits per heavy atom. The van der Waals surface area contributed by atoms with Crippen LogP contribution in [-0.4, -0.2) is 70.9 Å². The fourth-order valence-electron chi connectivity index (χ4n) is 4.69. The molecule has 3 atom stereocenters. The zero-order valence-electron chi connectivity index (χ0n) is 23.9. The predicted molar refractivity (Wildman–Crippen MR) is 161 cm³/mol. The number of carbonyl (C=O) groups is 3. The van der Waals surface area contributed by atoms with Crippen LogP contribution in [0.2, 0.25) is 0 Å². The lowest BCUT2D eigenvalue weighted by molar-refractivity contribution is -0.146. The van der Waals surface area contributed by atoms with Crippen LogP contribution in [0, 0.1) is 0 Å². The Labute approximate surface area is 243 Å². The van der Waals surface area contributed by atoms with Crippen molar-refractivity contribution in [3.05, 3.63) is 71.3 Å². The first-order valence-electron chi connectivity index (χ1n) is 14.4. The number of benzene rings is 2. The fraction of sp³-hybridized carbons (Fsp3) is 0.531. The van der Waals surface area contributed by atoms with Gasteiger partial charge in [-0.2, -0.15) is 0 Å². The summed E-state index contributed by atoms with van der Waals surface area (Å²) in [7, 11) is 0. The highest BCUT2D eigenvalue weighted by Gasteiger charge is 2.30. The molecule has 2 aromatic rings. The van der Waals surface area contributed by atoms with Crippen LogP contribution in [0.1, 0.15) is 74.3 Å². The molecular formula is C32H45NO6S. The summed E-state index contributed by atoms with van der Waals surface area (Å²) in [6.07, 6.45) is 6.79. The number of likely N-dealkylation sites (N-methyl/N-ethyl adjacent to an activating group) is 1. The molecule has 3 unspecified atom stereocenters. The van der Waals surface area contributed by atoms with Gasteiger partial charge in [-0.25, -0.2) is 4.79 Å². The first kappa shape index (κ1) is 33.5. The second-order valence-corrected chi connectivity index (χ2v) is 11.1. The third-order valence-corrected chi connectivity index (χ3v) is 8.43. The molecule has 1 amide bonds. The molecule has 0 fully saturated rings. The molecule has 0 saturated heterocycles. The topological polar surface area (TPSA) is 104 Å². The SMILES string of the molecule is CCN(CC)C(=O)COC(C=O)CSC(c1ccccc1CCCCCCCCc1ccccc1)C(O)C(=O)O. The van der Waals surface area contributed by atoms with E-state index in [-0.39, 0.29) is 18.3 Å². The van der Waals surface area contributed by atoms with Crippen molar-refractivity contribution in [2.45, 2.75) is 82.7 Å². The van der Waals surface area contributed by atoms with Gasteiger partial charge in [-0.15, -0.1) is 11.8 Å². The smallest absolute Gasteiger partial charge is 0.334 e. The van der Waals surface area contributed by atoms with Crippen molar-refractivity contribution in [2.75, 3.05) is 25.4 Å². The standard InChI is InChI=1S/C32H45NO6S/c1-3-33(4-2)29(35)23-39-27(22-34)24-40-31(30(36)32(37)38)28-21-15-14-20-26(28)19-13-8-6-5-7-10-16-25-17-11-9-12-18-25/h9,11-12,14-15,17-18,20-22,27,30-31,36H,3-8,10,13,16,19,23-24H2,1-2H3,(H,37,38). The van der Waals surface area contributed by atoms with Crippen molar-refractivity contribution in [3.8, 4) is 0 Å². The number of hydrogen-bond acceptors (Lipinski definition) is 6. The van der Waals surface area contributed by atoms with Crippen molar-refractivity contribution in [2.24, 2.45) is 0 Å². The molecule has 2 aromatic carbocycles. The monoisotopic (exact) mass is 571 g/mol. The van der Waals surface area contributed by atoms with Gasteiger partial charge in [0.1, 0.15) is 19.0 Å². The molecule has 0 spiro atoms. The van der Waals surface area contributed by atoms with Gasteiger partial charge in [-0.1, -0.05) is 80.3 Å². The molecule has 0 saturated carbocycles. The number of carboxylic acid groups (broad SMARTS) is 1. The minimum atomic E-state index is -1.64. The lowest BCUT2D eigenvalue weighted by Crippen LogP contribution is -2.35. The number of aliphatic hydroxyl groups excluding tert-OH is 1. The van der Waals surface area contributed by atoms with Gasteiger partial charge in [0, 0.05) is 18.8 Å². The molecule has 2 N–H and O–H groups in total. The normalized spacial score (nSPS) is 13.4. The Morgan fingerprint density at radius 3 is 2.12 bits per heavy atom. The third-order valence-electron chi connectivity index (χ3n) is 7.03. The zero-order valence-corrected chi connectivity index (χ0v) is 24.7. The summed E-state index contributed by atoms with van der Waals surface area (Å²) < 4.78 is 5.53. The van der Waals surface area contributed by atoms with Crippen LogP contribution >= 0.6 is 11.8 Å². The number of hydrogen-bond donors (Lipinski definition) is 2. The predicted octanol–water partition coefficient (Wildman–Crippen LogP) is 5.48. The Morgan fingerprint density at radius 2 is 1.50 bits per heavy atom. The molecule has 0 aromatic heterocycles. The van der Waals surface area contributed by atoms with Gasteiger partial charge in [0.2, 0.25) is 5.91 Å². The maximum Gasteiger partial charge on any atom is 0.334 e. The molecule has 0 aliphatic heterocycles. The lowest BCUT2D eigenvalue weighted by atomic mass is 9.96. The van der Waals surface area contributed by atoms with Gasteiger partial charge < -0.3 is 24.6 Å². The molecule has 0 radical (unpaired) electrons. The van der Waals surface area contributed by atoms with Crippen LogP contribution < -0.4 is 0 Å². The van der Waals surface area contributed by atoms with E-state index in [1.165, 1.54) is 36.6 Å². The van der Waals surface area contributed by atoms with Gasteiger partial charge in [-0.3, -0.25) is 4.79 Å². The van der Waals surface area contributed by atoms with Crippen LogP contribution in [0.15, 0.2) is 54.6 Å². The van der Waals surface area contributed by atoms with Crippen molar-refractivity contribution in [1.29, 1.82) is 0 Å². The number of aliphatic carboxylic acids is 1. The minimum Gasteiger partial charge on any atom is -0.479 e. The number of nitrogens with zero attached hydrogens (tertiary/aromatic N) is 1. The number of amides is 1. The van der Waals surface area contributed by atoms with E-state index in [2.05, 4.69) is 24.3 Å². The number of aryl methyl sites for hydroxylation is 2. The molecule has 0 bridgehead atoms. The Kier molecular flexibility index (Phi) is 16.3. The molecule has 0 heterocycles. The average molecular weight is 572 g/mol. The van der Waals surface area contributed by atoms with Gasteiger partial charge in [-0.05, 0) is 56.2 Å². The highest BCUT2D eigenvalue weighted by molar-refractivity contribution is 7.99. The Hall–Kier alpha value is -2.68. The summed E-state index contributed by atoms with van der Waals surface area (Å²) >= 11 is 1.17. The number of thioether (sulfide) groups is 1. The summed E-state index contributed by atoms with van der Waals surface area (Å²) in [5, 5.41) is 19.4. The number of unbranched alkanes of at least 4 members (excludes halogenated alkanes) is 5. The molecule has 2 rings (SSSR count). The van der Waals surface area contributed by atoms with E-state index in [0.717, 1.165) is 43.2 Å². The number of aliphatic hydroxyl groups is 1. The summed E-state index contributed by atoms with van der Waals surface area (Å²) in [5.41, 5.74) is 3.15. The second kappa shape index (κ2) is 19.4. The number of carbonyl (C=O) groups excluding carboxylic acids is 2. The summed E-state index contributed by atoms with van der Waals surface area (Å²) in [5.74, 6) is -1.39. The molecule has 0 aliphatic carbocycles. The van der Waals surface area contributed by atoms with E-state index in [1.54, 1.807) is 4.90 Å². The van der Waals surface area contributed by atoms with E-state index in [1.807, 2.05) is 44.2 Å². The van der Waals surface area contributed by atoms with E-state index >= 15 is 0 Å². The van der Waals surface area contributed by atoms with Crippen molar-refractivity contribution in [1.82, 2.24) is 4.90 Å². The van der Waals surface area contributed by atoms with Gasteiger partial charge in [0.15, 0.2) is 6.10 Å². The number of rotatable bonds is 21. The summed E-state index contributed by atoms with van der Waals surface area (Å²) in [6, 6.07) is 18.1. The second-order valence-electron chi connectivity index (χ2n) is 9.89. The number of ether oxygens (including phenoxy) is 1. The zero-order chi connectivity index (χ0) is 29.2. The summed E-state index contributed by atoms with van der Waals surface area (Å²) in [6.45, 7) is 4.63. The van der Waals surface area contributed by atoms with E-state index in [0.29, 0.717) is 19.4 Å². The summed E-state index contributed by atoms with van der Waals surface area (Å²) in [4.78, 5) is 37.3. The van der Waals surface area contributed by atoms with Gasteiger partial charge >= 0.3 is 5.97 Å². The maximum absolute atomic E-state index is 12.2. The van der Waals surface area contributed by atoms with E-state index < -0.39 is 23.4 Å². The van der Waals surface area contributed by atoms with Gasteiger partial charge in [0.05, 0.1) is 5.25 Å². The molecule has 0 aliphatic rings. The first-order chi connectivity index (χ1) is 19.4. The van der Waals surface area contributed by atoms with E-state index in [4.69, 9.17) is 4.74 Å². The largest absolute Gasteiger partial charge is 0.479 e. The first-order valence-corrected chi connectivity index (χ1v) is 15.4. The molecule has 220 valence electrons. The number of carboxylic acids is 1. The molecule has 40 heavy (non-hydrogen) atoms. The highest BCUT2D eigenvalue weighted by atomic mass is 32.2. The highest BCUT2D eigenvalue weighted by Crippen LogP contribution is 2.36. The van der Waals surface area contributed by atoms with Crippen LogP contribution in [0.3, 0.4) is 0 Å². The molecule has 8 heteroatoms. The van der Waals surface area contributed by atoms with Gasteiger partial charge in [0.25, 0.3) is 0 Å². The fourth-order valence-corrected chi connectivity index (χ4v) is 5.97. The van der Waals surface area contributed by atoms with E-state index in [9.17, 15) is 24.6 Å². The third kappa shape index (κ3) is 11.8. The van der Waals surface area contributed by atoms with Crippen molar-refractivity contribution >= 4 is 29.9 Å². The molecular weight excluding hydrogens is 526 g/mol. The Balaban J connectivity index is 1.89. The van der Waals surface area contributed by atoms with Crippen LogP contribution in [-0.2, 0) is 32.0 Å². The molecule has 7 nitrogen and oxygen atoms in total. The maximum atomic E-state index is 12.2. The van der Waals surface area contributed by atoms with Crippen molar-refractivity contribution in [3.63, 3.8) is 0 Å². The number of aldehydes is 1. The lowest BCUT2D eigenvalue weighted by Gasteiger charge is -2.24. The van der Waals surface area contributed by atoms with Crippen LogP contribution in [0.4, 0.5) is 0 Å².